The Labute approximate surface area is 133 Å². The van der Waals surface area contributed by atoms with E-state index in [1.807, 2.05) is 30.3 Å². The third-order valence-corrected chi connectivity index (χ3v) is 3.62. The van der Waals surface area contributed by atoms with Crippen molar-refractivity contribution in [3.8, 4) is 0 Å². The van der Waals surface area contributed by atoms with Crippen LogP contribution in [-0.4, -0.2) is 17.2 Å². The highest BCUT2D eigenvalue weighted by atomic mass is 16.1. The number of nitrogens with one attached hydrogen (secondary N) is 1. The van der Waals surface area contributed by atoms with Gasteiger partial charge in [-0.15, -0.1) is 0 Å². The molecule has 0 saturated carbocycles. The lowest BCUT2D eigenvalue weighted by Crippen LogP contribution is -2.24. The van der Waals surface area contributed by atoms with Gasteiger partial charge in [-0.25, -0.2) is 4.98 Å². The Bertz CT molecular complexity index is 873. The first-order chi connectivity index (χ1) is 11.2. The van der Waals surface area contributed by atoms with Crippen molar-refractivity contribution in [2.24, 2.45) is 0 Å². The van der Waals surface area contributed by atoms with Crippen LogP contribution in [0.25, 0.3) is 10.8 Å². The summed E-state index contributed by atoms with van der Waals surface area (Å²) in [5.41, 5.74) is 7.13. The van der Waals surface area contributed by atoms with Crippen LogP contribution in [-0.2, 0) is 6.54 Å². The van der Waals surface area contributed by atoms with E-state index in [2.05, 4.69) is 10.3 Å². The van der Waals surface area contributed by atoms with Crippen LogP contribution < -0.4 is 11.1 Å². The molecule has 1 amide bonds. The third-order valence-electron chi connectivity index (χ3n) is 3.62. The highest BCUT2D eigenvalue weighted by Gasteiger charge is 2.14. The SMILES string of the molecule is Nc1ccc(CNC(=O)c2c(C=O)ccc3ccccc23)cn1. The first kappa shape index (κ1) is 14.7. The lowest BCUT2D eigenvalue weighted by Gasteiger charge is -2.10. The maximum absolute atomic E-state index is 12.6. The van der Waals surface area contributed by atoms with Crippen LogP contribution in [0.5, 0.6) is 0 Å². The second-order valence-corrected chi connectivity index (χ2v) is 5.14. The summed E-state index contributed by atoms with van der Waals surface area (Å²) in [6.07, 6.45) is 2.31. The fourth-order valence-electron chi connectivity index (χ4n) is 2.45. The Morgan fingerprint density at radius 3 is 2.70 bits per heavy atom. The zero-order chi connectivity index (χ0) is 16.2. The average molecular weight is 305 g/mol. The number of nitrogens with zero attached hydrogens (tertiary/aromatic N) is 1. The lowest BCUT2D eigenvalue weighted by atomic mass is 9.99. The van der Waals surface area contributed by atoms with Crippen LogP contribution in [0, 0.1) is 0 Å². The van der Waals surface area contributed by atoms with Gasteiger partial charge in [0.2, 0.25) is 0 Å². The minimum Gasteiger partial charge on any atom is -0.384 e. The molecule has 0 bridgehead atoms. The second-order valence-electron chi connectivity index (χ2n) is 5.14. The Morgan fingerprint density at radius 1 is 1.13 bits per heavy atom. The smallest absolute Gasteiger partial charge is 0.252 e. The normalized spacial score (nSPS) is 10.4. The Balaban J connectivity index is 1.90. The second kappa shape index (κ2) is 6.27. The van der Waals surface area contributed by atoms with Crippen molar-refractivity contribution in [1.82, 2.24) is 10.3 Å². The van der Waals surface area contributed by atoms with Crippen LogP contribution in [0.3, 0.4) is 0 Å². The van der Waals surface area contributed by atoms with Crippen LogP contribution >= 0.6 is 0 Å². The van der Waals surface area contributed by atoms with E-state index < -0.39 is 0 Å². The van der Waals surface area contributed by atoms with E-state index in [4.69, 9.17) is 5.73 Å². The molecule has 114 valence electrons. The number of hydrogen-bond acceptors (Lipinski definition) is 4. The number of nitrogens with two attached hydrogens (primary N) is 1. The molecule has 1 aromatic heterocycles. The van der Waals surface area contributed by atoms with Crippen LogP contribution in [0.15, 0.2) is 54.7 Å². The summed E-state index contributed by atoms with van der Waals surface area (Å²) < 4.78 is 0. The van der Waals surface area contributed by atoms with Crippen molar-refractivity contribution in [3.05, 3.63) is 71.4 Å². The molecule has 23 heavy (non-hydrogen) atoms. The number of carbonyl (C=O) groups excluding carboxylic acids is 2. The fourth-order valence-corrected chi connectivity index (χ4v) is 2.45. The largest absolute Gasteiger partial charge is 0.384 e. The van der Waals surface area contributed by atoms with Gasteiger partial charge in [-0.2, -0.15) is 0 Å². The van der Waals surface area contributed by atoms with Gasteiger partial charge in [0.25, 0.3) is 5.91 Å². The van der Waals surface area contributed by atoms with E-state index in [0.29, 0.717) is 29.8 Å². The number of benzene rings is 2. The Kier molecular flexibility index (Phi) is 4.01. The maximum Gasteiger partial charge on any atom is 0.252 e. The molecule has 0 radical (unpaired) electrons. The molecule has 0 aliphatic rings. The Hall–Kier alpha value is -3.21. The third kappa shape index (κ3) is 3.03. The first-order valence-corrected chi connectivity index (χ1v) is 7.14. The van der Waals surface area contributed by atoms with E-state index >= 15 is 0 Å². The molecule has 3 aromatic rings. The molecule has 0 atom stereocenters. The van der Waals surface area contributed by atoms with Crippen molar-refractivity contribution in [2.45, 2.75) is 6.54 Å². The van der Waals surface area contributed by atoms with Gasteiger partial charge in [-0.1, -0.05) is 42.5 Å². The molecule has 5 heteroatoms. The molecule has 0 spiro atoms. The van der Waals surface area contributed by atoms with Gasteiger partial charge in [0.05, 0.1) is 5.56 Å². The van der Waals surface area contributed by atoms with Crippen LogP contribution in [0.1, 0.15) is 26.3 Å². The van der Waals surface area contributed by atoms with Crippen molar-refractivity contribution in [3.63, 3.8) is 0 Å². The number of rotatable bonds is 4. The molecule has 5 nitrogen and oxygen atoms in total. The van der Waals surface area contributed by atoms with Gasteiger partial charge in [-0.3, -0.25) is 9.59 Å². The van der Waals surface area contributed by atoms with E-state index in [0.717, 1.165) is 16.3 Å². The van der Waals surface area contributed by atoms with Gasteiger partial charge in [0.15, 0.2) is 6.29 Å². The number of anilines is 1. The zero-order valence-corrected chi connectivity index (χ0v) is 12.3. The molecule has 0 fully saturated rings. The van der Waals surface area contributed by atoms with Crippen molar-refractivity contribution in [1.29, 1.82) is 0 Å². The Morgan fingerprint density at radius 2 is 1.96 bits per heavy atom. The first-order valence-electron chi connectivity index (χ1n) is 7.14. The molecule has 0 aliphatic carbocycles. The van der Waals surface area contributed by atoms with Crippen molar-refractivity contribution >= 4 is 28.8 Å². The van der Waals surface area contributed by atoms with E-state index in [1.165, 1.54) is 0 Å². The number of carbonyl (C=O) groups is 2. The highest BCUT2D eigenvalue weighted by Crippen LogP contribution is 2.21. The number of nitrogen functional groups attached to an aromatic ring is 1. The summed E-state index contributed by atoms with van der Waals surface area (Å²) in [6.45, 7) is 0.313. The molecule has 0 unspecified atom stereocenters. The molecular weight excluding hydrogens is 290 g/mol. The van der Waals surface area contributed by atoms with Gasteiger partial charge in [0.1, 0.15) is 5.82 Å². The minimum absolute atomic E-state index is 0.291. The predicted octanol–water partition coefficient (Wildman–Crippen LogP) is 2.56. The van der Waals surface area contributed by atoms with Gasteiger partial charge in [-0.05, 0) is 22.4 Å². The summed E-state index contributed by atoms with van der Waals surface area (Å²) in [6, 6.07) is 14.5. The maximum atomic E-state index is 12.6. The molecule has 1 heterocycles. The molecule has 0 aliphatic heterocycles. The van der Waals surface area contributed by atoms with E-state index in [1.54, 1.807) is 24.4 Å². The van der Waals surface area contributed by atoms with E-state index in [9.17, 15) is 9.59 Å². The van der Waals surface area contributed by atoms with Crippen molar-refractivity contribution in [2.75, 3.05) is 5.73 Å². The average Bonchev–Trinajstić information content (AvgIpc) is 2.60. The predicted molar refractivity (Wildman–Crippen MR) is 89.2 cm³/mol. The topological polar surface area (TPSA) is 85.1 Å². The van der Waals surface area contributed by atoms with Crippen LogP contribution in [0.2, 0.25) is 0 Å². The molecule has 3 rings (SSSR count). The van der Waals surface area contributed by atoms with Crippen molar-refractivity contribution < 1.29 is 9.59 Å². The molecular formula is C18H15N3O2. The summed E-state index contributed by atoms with van der Waals surface area (Å²) in [4.78, 5) is 27.8. The summed E-state index contributed by atoms with van der Waals surface area (Å²) in [5, 5.41) is 4.49. The quantitative estimate of drug-likeness (QED) is 0.725. The fraction of sp³-hybridized carbons (Fsp3) is 0.0556. The van der Waals surface area contributed by atoms with Gasteiger partial charge in [0, 0.05) is 18.3 Å². The lowest BCUT2D eigenvalue weighted by molar-refractivity contribution is 0.0947. The summed E-state index contributed by atoms with van der Waals surface area (Å²) in [7, 11) is 0. The number of hydrogen-bond donors (Lipinski definition) is 2. The number of aldehydes is 1. The zero-order valence-electron chi connectivity index (χ0n) is 12.3. The van der Waals surface area contributed by atoms with Gasteiger partial charge < -0.3 is 11.1 Å². The van der Waals surface area contributed by atoms with E-state index in [-0.39, 0.29) is 5.91 Å². The number of fused-ring (bicyclic) bond motifs is 1. The van der Waals surface area contributed by atoms with Gasteiger partial charge >= 0.3 is 0 Å². The number of aromatic nitrogens is 1. The number of amides is 1. The highest BCUT2D eigenvalue weighted by molar-refractivity contribution is 6.12. The van der Waals surface area contributed by atoms with Crippen LogP contribution in [0.4, 0.5) is 5.82 Å². The summed E-state index contributed by atoms with van der Waals surface area (Å²) in [5.74, 6) is 0.137. The standard InChI is InChI=1S/C18H15N3O2/c19-16-8-5-12(9-20-16)10-21-18(23)17-14(11-22)7-6-13-3-1-2-4-15(13)17/h1-9,11H,10H2,(H2,19,20)(H,21,23). The molecule has 3 N–H and O–H groups in total. The summed E-state index contributed by atoms with van der Waals surface area (Å²) >= 11 is 0. The minimum atomic E-state index is -0.291. The number of pyridine rings is 1. The monoisotopic (exact) mass is 305 g/mol. The molecule has 2 aromatic carbocycles. The molecule has 0 saturated heterocycles.